The summed E-state index contributed by atoms with van der Waals surface area (Å²) >= 11 is 0. The van der Waals surface area contributed by atoms with E-state index in [0.717, 1.165) is 61.1 Å². The van der Waals surface area contributed by atoms with Gasteiger partial charge in [0.1, 0.15) is 5.82 Å². The summed E-state index contributed by atoms with van der Waals surface area (Å²) in [7, 11) is 1.81. The van der Waals surface area contributed by atoms with Gasteiger partial charge in [0.05, 0.1) is 22.7 Å². The zero-order valence-electron chi connectivity index (χ0n) is 19.3. The molecule has 2 saturated carbocycles. The van der Waals surface area contributed by atoms with Crippen LogP contribution >= 0.6 is 0 Å². The van der Waals surface area contributed by atoms with E-state index < -0.39 is 5.60 Å². The SMILES string of the molecule is [C-]#[N+][C@@]1(c2ccc3cnn(-c4cc(N5CC[C@@H](C(C)(C)O)C5)nc(NC)n4)c3c2)CC12CC2. The van der Waals surface area contributed by atoms with E-state index in [1.807, 2.05) is 37.8 Å². The Bertz CT molecular complexity index is 1300. The summed E-state index contributed by atoms with van der Waals surface area (Å²) in [6.45, 7) is 13.2. The van der Waals surface area contributed by atoms with Crippen molar-refractivity contribution in [2.24, 2.45) is 11.3 Å². The van der Waals surface area contributed by atoms with Crippen LogP contribution in [-0.2, 0) is 5.54 Å². The molecule has 8 nitrogen and oxygen atoms in total. The van der Waals surface area contributed by atoms with Crippen LogP contribution in [0.25, 0.3) is 21.6 Å². The summed E-state index contributed by atoms with van der Waals surface area (Å²) in [5, 5.41) is 19.2. The summed E-state index contributed by atoms with van der Waals surface area (Å²) < 4.78 is 1.86. The number of hydrogen-bond donors (Lipinski definition) is 2. The average molecular weight is 444 g/mol. The van der Waals surface area contributed by atoms with Gasteiger partial charge >= 0.3 is 0 Å². The van der Waals surface area contributed by atoms with Gasteiger partial charge < -0.3 is 20.2 Å². The minimum Gasteiger partial charge on any atom is -0.390 e. The molecule has 0 amide bonds. The number of anilines is 2. The van der Waals surface area contributed by atoms with E-state index in [-0.39, 0.29) is 16.9 Å². The molecule has 2 atom stereocenters. The van der Waals surface area contributed by atoms with Crippen LogP contribution in [0.4, 0.5) is 11.8 Å². The lowest BCUT2D eigenvalue weighted by atomic mass is 9.90. The maximum Gasteiger partial charge on any atom is 0.264 e. The van der Waals surface area contributed by atoms with Crippen LogP contribution in [0.15, 0.2) is 30.5 Å². The van der Waals surface area contributed by atoms with Crippen molar-refractivity contribution in [2.45, 2.75) is 50.7 Å². The van der Waals surface area contributed by atoms with E-state index in [4.69, 9.17) is 11.6 Å². The minimum absolute atomic E-state index is 0.195. The predicted molar refractivity (Wildman–Crippen MR) is 127 cm³/mol. The molecule has 170 valence electrons. The van der Waals surface area contributed by atoms with Crippen LogP contribution in [0, 0.1) is 17.9 Å². The van der Waals surface area contributed by atoms with E-state index in [2.05, 4.69) is 43.3 Å². The van der Waals surface area contributed by atoms with Crippen molar-refractivity contribution in [3.63, 3.8) is 0 Å². The first kappa shape index (κ1) is 20.4. The minimum atomic E-state index is -0.717. The lowest BCUT2D eigenvalue weighted by Gasteiger charge is -2.26. The normalized spacial score (nSPS) is 25.4. The Kier molecular flexibility index (Phi) is 4.13. The quantitative estimate of drug-likeness (QED) is 0.585. The molecule has 3 heterocycles. The van der Waals surface area contributed by atoms with Crippen LogP contribution in [0.2, 0.25) is 0 Å². The molecule has 1 aliphatic heterocycles. The van der Waals surface area contributed by atoms with Gasteiger partial charge in [-0.05, 0) is 39.2 Å². The Morgan fingerprint density at radius 2 is 2.00 bits per heavy atom. The number of nitrogens with zero attached hydrogens (tertiary/aromatic N) is 6. The van der Waals surface area contributed by atoms with Gasteiger partial charge in [-0.1, -0.05) is 12.1 Å². The summed E-state index contributed by atoms with van der Waals surface area (Å²) in [4.78, 5) is 15.7. The number of aliphatic hydroxyl groups is 1. The second kappa shape index (κ2) is 6.67. The van der Waals surface area contributed by atoms with Gasteiger partial charge in [-0.15, -0.1) is 0 Å². The van der Waals surface area contributed by atoms with Crippen LogP contribution in [0.5, 0.6) is 0 Å². The highest BCUT2D eigenvalue weighted by Gasteiger charge is 2.82. The Hall–Kier alpha value is -3.18. The lowest BCUT2D eigenvalue weighted by molar-refractivity contribution is 0.0263. The Balaban J connectivity index is 1.40. The number of benzene rings is 1. The fourth-order valence-corrected chi connectivity index (χ4v) is 5.63. The Morgan fingerprint density at radius 1 is 1.21 bits per heavy atom. The molecule has 2 aromatic heterocycles. The molecule has 3 aliphatic rings. The second-order valence-electron chi connectivity index (χ2n) is 10.5. The molecule has 3 aromatic rings. The Morgan fingerprint density at radius 3 is 2.64 bits per heavy atom. The van der Waals surface area contributed by atoms with Crippen LogP contribution < -0.4 is 10.2 Å². The van der Waals surface area contributed by atoms with Crippen LogP contribution in [0.1, 0.15) is 45.1 Å². The number of nitrogens with one attached hydrogen (secondary N) is 1. The van der Waals surface area contributed by atoms with Crippen molar-refractivity contribution < 1.29 is 5.11 Å². The molecule has 1 spiro atoms. The highest BCUT2D eigenvalue weighted by atomic mass is 16.3. The first-order chi connectivity index (χ1) is 15.8. The maximum atomic E-state index is 10.5. The number of aromatic nitrogens is 4. The molecule has 6 rings (SSSR count). The standard InChI is InChI=1S/C25H29N7O/c1-23(2,33)18-7-10-31(14-18)20-12-21(30-22(26-3)29-20)32-19-11-17(6-5-16(19)13-28-32)25(27-4)15-24(25)8-9-24/h5-6,11-13,18,33H,7-10,14-15H2,1-3H3,(H,26,29,30)/t18-,25-/m1/s1. The third kappa shape index (κ3) is 3.02. The monoisotopic (exact) mass is 443 g/mol. The summed E-state index contributed by atoms with van der Waals surface area (Å²) in [5.74, 6) is 2.25. The van der Waals surface area contributed by atoms with Gasteiger partial charge in [-0.2, -0.15) is 15.1 Å². The third-order valence-electron chi connectivity index (χ3n) is 8.09. The molecule has 0 radical (unpaired) electrons. The van der Waals surface area contributed by atoms with Gasteiger partial charge in [0, 0.05) is 49.5 Å². The molecular formula is C25H29N7O. The number of hydrogen-bond acceptors (Lipinski definition) is 6. The van der Waals surface area contributed by atoms with Crippen LogP contribution in [-0.4, -0.2) is 50.6 Å². The van der Waals surface area contributed by atoms with Crippen molar-refractivity contribution >= 4 is 22.7 Å². The molecule has 0 unspecified atom stereocenters. The van der Waals surface area contributed by atoms with E-state index in [0.29, 0.717) is 11.8 Å². The topological polar surface area (TPSA) is 83.5 Å². The van der Waals surface area contributed by atoms with Gasteiger partial charge in [-0.3, -0.25) is 0 Å². The molecule has 2 aliphatic carbocycles. The van der Waals surface area contributed by atoms with Gasteiger partial charge in [0.2, 0.25) is 5.95 Å². The molecule has 33 heavy (non-hydrogen) atoms. The molecule has 1 aromatic carbocycles. The lowest BCUT2D eigenvalue weighted by Crippen LogP contribution is -2.33. The number of rotatable bonds is 5. The van der Waals surface area contributed by atoms with Gasteiger partial charge in [-0.25, -0.2) is 11.3 Å². The Labute approximate surface area is 193 Å². The molecule has 0 bridgehead atoms. The van der Waals surface area contributed by atoms with Crippen molar-refractivity contribution in [2.75, 3.05) is 30.4 Å². The van der Waals surface area contributed by atoms with Gasteiger partial charge in [0.25, 0.3) is 5.54 Å². The fraction of sp³-hybridized carbons (Fsp3) is 0.520. The fourth-order valence-electron chi connectivity index (χ4n) is 5.63. The average Bonchev–Trinajstić information content (AvgIpc) is 3.55. The largest absolute Gasteiger partial charge is 0.390 e. The highest BCUT2D eigenvalue weighted by molar-refractivity contribution is 5.81. The third-order valence-corrected chi connectivity index (χ3v) is 8.09. The molecule has 3 fully saturated rings. The summed E-state index contributed by atoms with van der Waals surface area (Å²) in [5.41, 5.74) is 1.21. The van der Waals surface area contributed by atoms with Gasteiger partial charge in [0.15, 0.2) is 5.82 Å². The first-order valence-electron chi connectivity index (χ1n) is 11.7. The molecular weight excluding hydrogens is 414 g/mol. The molecule has 1 saturated heterocycles. The summed E-state index contributed by atoms with van der Waals surface area (Å²) in [6, 6.07) is 8.28. The van der Waals surface area contributed by atoms with E-state index in [1.165, 1.54) is 0 Å². The van der Waals surface area contributed by atoms with E-state index in [9.17, 15) is 5.11 Å². The number of fused-ring (bicyclic) bond motifs is 1. The predicted octanol–water partition coefficient (Wildman–Crippen LogP) is 3.75. The van der Waals surface area contributed by atoms with E-state index in [1.54, 1.807) is 0 Å². The van der Waals surface area contributed by atoms with Crippen molar-refractivity contribution in [1.82, 2.24) is 19.7 Å². The molecule has 8 heteroatoms. The van der Waals surface area contributed by atoms with Crippen molar-refractivity contribution in [3.05, 3.63) is 47.4 Å². The summed E-state index contributed by atoms with van der Waals surface area (Å²) in [6.07, 6.45) is 6.07. The zero-order chi connectivity index (χ0) is 23.0. The maximum absolute atomic E-state index is 10.5. The van der Waals surface area contributed by atoms with E-state index >= 15 is 0 Å². The molecule has 2 N–H and O–H groups in total. The first-order valence-corrected chi connectivity index (χ1v) is 11.7. The van der Waals surface area contributed by atoms with Crippen LogP contribution in [0.3, 0.4) is 0 Å². The highest BCUT2D eigenvalue weighted by Crippen LogP contribution is 2.79. The zero-order valence-corrected chi connectivity index (χ0v) is 19.3. The van der Waals surface area contributed by atoms with Crippen molar-refractivity contribution in [3.8, 4) is 5.82 Å². The second-order valence-corrected chi connectivity index (χ2v) is 10.5. The smallest absolute Gasteiger partial charge is 0.264 e. The van der Waals surface area contributed by atoms with Crippen molar-refractivity contribution in [1.29, 1.82) is 0 Å².